The van der Waals surface area contributed by atoms with Gasteiger partial charge in [0.2, 0.25) is 5.91 Å². The van der Waals surface area contributed by atoms with Crippen LogP contribution in [-0.4, -0.2) is 36.8 Å². The maximum Gasteiger partial charge on any atom is 0.243 e. The van der Waals surface area contributed by atoms with Gasteiger partial charge in [0.25, 0.3) is 0 Å². The fourth-order valence-electron chi connectivity index (χ4n) is 3.19. The molecule has 0 saturated carbocycles. The number of nitrogens with zero attached hydrogens (tertiary/aromatic N) is 2. The van der Waals surface area contributed by atoms with Gasteiger partial charge in [-0.05, 0) is 30.2 Å². The van der Waals surface area contributed by atoms with Crippen LogP contribution in [-0.2, 0) is 9.59 Å². The number of aliphatic carboxylic acids is 1. The lowest BCUT2D eigenvalue weighted by molar-refractivity contribution is -0.305. The minimum atomic E-state index is -1.26. The van der Waals surface area contributed by atoms with Crippen molar-refractivity contribution in [3.05, 3.63) is 59.7 Å². The SMILES string of the molecule is COc1ccc(C2=NN(C(=O)CCC(=O)[O-])[C@H](c3ccccc3)C2)cc1OC. The highest BCUT2D eigenvalue weighted by Crippen LogP contribution is 2.35. The molecule has 2 aromatic carbocycles. The first-order valence-electron chi connectivity index (χ1n) is 8.90. The van der Waals surface area contributed by atoms with E-state index in [9.17, 15) is 14.7 Å². The third-order valence-electron chi connectivity index (χ3n) is 4.61. The van der Waals surface area contributed by atoms with Crippen LogP contribution < -0.4 is 14.6 Å². The van der Waals surface area contributed by atoms with Crippen molar-refractivity contribution in [3.63, 3.8) is 0 Å². The molecular formula is C21H21N2O5-. The summed E-state index contributed by atoms with van der Waals surface area (Å²) in [6.07, 6.45) is 0.0169. The second-order valence-electron chi connectivity index (χ2n) is 6.36. The molecule has 1 amide bonds. The minimum Gasteiger partial charge on any atom is -0.550 e. The molecule has 7 heteroatoms. The summed E-state index contributed by atoms with van der Waals surface area (Å²) in [6.45, 7) is 0. The number of hydrogen-bond acceptors (Lipinski definition) is 6. The van der Waals surface area contributed by atoms with E-state index in [-0.39, 0.29) is 24.8 Å². The Morgan fingerprint density at radius 2 is 1.79 bits per heavy atom. The van der Waals surface area contributed by atoms with E-state index in [0.29, 0.717) is 17.9 Å². The molecule has 2 aromatic rings. The standard InChI is InChI=1S/C21H22N2O5/c1-27-18-9-8-15(12-19(18)28-2)16-13-17(14-6-4-3-5-7-14)23(22-16)20(24)10-11-21(25)26/h3-9,12,17H,10-11,13H2,1-2H3,(H,25,26)/p-1/t17-/m0/s1. The number of rotatable bonds is 7. The molecule has 1 aliphatic heterocycles. The number of hydrogen-bond donors (Lipinski definition) is 0. The molecule has 0 aliphatic carbocycles. The van der Waals surface area contributed by atoms with E-state index >= 15 is 0 Å². The molecule has 0 bridgehead atoms. The second kappa shape index (κ2) is 8.56. The topological polar surface area (TPSA) is 91.3 Å². The fraction of sp³-hybridized carbons (Fsp3) is 0.286. The van der Waals surface area contributed by atoms with Crippen molar-refractivity contribution >= 4 is 17.6 Å². The number of carbonyl (C=O) groups is 2. The molecule has 1 atom stereocenters. The van der Waals surface area contributed by atoms with Crippen LogP contribution in [0.4, 0.5) is 0 Å². The first-order valence-corrected chi connectivity index (χ1v) is 8.90. The van der Waals surface area contributed by atoms with Crippen molar-refractivity contribution in [2.75, 3.05) is 14.2 Å². The molecule has 0 radical (unpaired) electrons. The fourth-order valence-corrected chi connectivity index (χ4v) is 3.19. The number of hydrazone groups is 1. The van der Waals surface area contributed by atoms with E-state index in [1.807, 2.05) is 42.5 Å². The molecule has 1 heterocycles. The zero-order valence-corrected chi connectivity index (χ0v) is 15.8. The van der Waals surface area contributed by atoms with Crippen molar-refractivity contribution in [2.24, 2.45) is 5.10 Å². The van der Waals surface area contributed by atoms with E-state index in [0.717, 1.165) is 16.8 Å². The lowest BCUT2D eigenvalue weighted by Gasteiger charge is -2.22. The van der Waals surface area contributed by atoms with Crippen LogP contribution in [0.2, 0.25) is 0 Å². The van der Waals surface area contributed by atoms with Crippen LogP contribution in [0.25, 0.3) is 0 Å². The Labute approximate surface area is 163 Å². The maximum absolute atomic E-state index is 12.6. The molecule has 3 rings (SSSR count). The lowest BCUT2D eigenvalue weighted by atomic mass is 9.98. The third-order valence-corrected chi connectivity index (χ3v) is 4.61. The van der Waals surface area contributed by atoms with E-state index < -0.39 is 5.97 Å². The molecule has 0 unspecified atom stereocenters. The molecule has 28 heavy (non-hydrogen) atoms. The van der Waals surface area contributed by atoms with Crippen molar-refractivity contribution < 1.29 is 24.2 Å². The van der Waals surface area contributed by atoms with Gasteiger partial charge in [-0.25, -0.2) is 5.01 Å². The summed E-state index contributed by atoms with van der Waals surface area (Å²) in [5, 5.41) is 16.6. The van der Waals surface area contributed by atoms with Gasteiger partial charge in [-0.15, -0.1) is 0 Å². The van der Waals surface area contributed by atoms with Crippen molar-refractivity contribution in [1.29, 1.82) is 0 Å². The normalized spacial score (nSPS) is 15.9. The summed E-state index contributed by atoms with van der Waals surface area (Å²) in [7, 11) is 3.12. The number of amides is 1. The van der Waals surface area contributed by atoms with Gasteiger partial charge in [0.15, 0.2) is 11.5 Å². The van der Waals surface area contributed by atoms with Crippen LogP contribution in [0, 0.1) is 0 Å². The molecule has 7 nitrogen and oxygen atoms in total. The monoisotopic (exact) mass is 381 g/mol. The highest BCUT2D eigenvalue weighted by molar-refractivity contribution is 6.03. The van der Waals surface area contributed by atoms with Gasteiger partial charge < -0.3 is 19.4 Å². The Hall–Kier alpha value is -3.35. The average Bonchev–Trinajstić information content (AvgIpc) is 3.17. The van der Waals surface area contributed by atoms with Crippen molar-refractivity contribution in [2.45, 2.75) is 25.3 Å². The van der Waals surface area contributed by atoms with Crippen molar-refractivity contribution in [3.8, 4) is 11.5 Å². The zero-order chi connectivity index (χ0) is 20.1. The summed E-state index contributed by atoms with van der Waals surface area (Å²) >= 11 is 0. The Bertz CT molecular complexity index is 895. The zero-order valence-electron chi connectivity index (χ0n) is 15.8. The molecule has 0 saturated heterocycles. The van der Waals surface area contributed by atoms with Crippen LogP contribution in [0.5, 0.6) is 11.5 Å². The predicted molar refractivity (Wildman–Crippen MR) is 101 cm³/mol. The molecule has 0 N–H and O–H groups in total. The van der Waals surface area contributed by atoms with Crippen LogP contribution in [0.3, 0.4) is 0 Å². The lowest BCUT2D eigenvalue weighted by Crippen LogP contribution is -2.29. The summed E-state index contributed by atoms with van der Waals surface area (Å²) in [6, 6.07) is 14.7. The second-order valence-corrected chi connectivity index (χ2v) is 6.36. The highest BCUT2D eigenvalue weighted by Gasteiger charge is 2.33. The summed E-state index contributed by atoms with van der Waals surface area (Å²) in [4.78, 5) is 23.4. The largest absolute Gasteiger partial charge is 0.550 e. The summed E-state index contributed by atoms with van der Waals surface area (Å²) in [5.41, 5.74) is 2.47. The number of ether oxygens (including phenoxy) is 2. The maximum atomic E-state index is 12.6. The van der Waals surface area contributed by atoms with Gasteiger partial charge in [0.1, 0.15) is 0 Å². The Morgan fingerprint density at radius 1 is 1.07 bits per heavy atom. The van der Waals surface area contributed by atoms with Gasteiger partial charge in [-0.2, -0.15) is 5.10 Å². The van der Waals surface area contributed by atoms with Crippen LogP contribution >= 0.6 is 0 Å². The molecular weight excluding hydrogens is 360 g/mol. The van der Waals surface area contributed by atoms with Gasteiger partial charge >= 0.3 is 0 Å². The summed E-state index contributed by atoms with van der Waals surface area (Å²) in [5.74, 6) is -0.437. The smallest absolute Gasteiger partial charge is 0.243 e. The Kier molecular flexibility index (Phi) is 5.93. The number of carboxylic acid groups (broad SMARTS) is 1. The number of benzene rings is 2. The average molecular weight is 381 g/mol. The van der Waals surface area contributed by atoms with Gasteiger partial charge in [-0.3, -0.25) is 4.79 Å². The number of carboxylic acids is 1. The minimum absolute atomic E-state index is 0.158. The molecule has 146 valence electrons. The Morgan fingerprint density at radius 3 is 2.43 bits per heavy atom. The first kappa shape index (κ1) is 19.4. The molecule has 1 aliphatic rings. The Balaban J connectivity index is 1.93. The van der Waals surface area contributed by atoms with E-state index in [4.69, 9.17) is 9.47 Å². The van der Waals surface area contributed by atoms with Crippen LogP contribution in [0.15, 0.2) is 53.6 Å². The van der Waals surface area contributed by atoms with Crippen LogP contribution in [0.1, 0.15) is 36.4 Å². The van der Waals surface area contributed by atoms with Gasteiger partial charge in [-0.1, -0.05) is 30.3 Å². The number of carbonyl (C=O) groups excluding carboxylic acids is 2. The molecule has 0 spiro atoms. The highest BCUT2D eigenvalue weighted by atomic mass is 16.5. The third kappa shape index (κ3) is 4.14. The van der Waals surface area contributed by atoms with E-state index in [1.165, 1.54) is 5.01 Å². The van der Waals surface area contributed by atoms with E-state index in [1.54, 1.807) is 20.3 Å². The number of methoxy groups -OCH3 is 2. The van der Waals surface area contributed by atoms with Crippen molar-refractivity contribution in [1.82, 2.24) is 5.01 Å². The quantitative estimate of drug-likeness (QED) is 0.731. The first-order chi connectivity index (χ1) is 13.5. The summed E-state index contributed by atoms with van der Waals surface area (Å²) < 4.78 is 10.6. The van der Waals surface area contributed by atoms with E-state index in [2.05, 4.69) is 5.10 Å². The predicted octanol–water partition coefficient (Wildman–Crippen LogP) is 1.91. The molecule has 0 aromatic heterocycles. The molecule has 0 fully saturated rings. The van der Waals surface area contributed by atoms with Gasteiger partial charge in [0.05, 0.1) is 26.0 Å². The van der Waals surface area contributed by atoms with Gasteiger partial charge in [0, 0.05) is 24.4 Å².